The van der Waals surface area contributed by atoms with Crippen molar-refractivity contribution in [2.75, 3.05) is 5.32 Å². The summed E-state index contributed by atoms with van der Waals surface area (Å²) in [5.74, 6) is 1.24. The summed E-state index contributed by atoms with van der Waals surface area (Å²) in [6.07, 6.45) is 3.80. The second-order valence-electron chi connectivity index (χ2n) is 7.74. The largest absolute Gasteiger partial charge is 0.360 e. The number of carbonyl (C=O) groups is 1. The number of fused-ring (bicyclic) bond motifs is 1. The molecule has 3 rings (SSSR count). The number of carbonyl (C=O) groups excluding carboxylic acids is 1. The fraction of sp³-hybridized carbons (Fsp3) is 0.500. The minimum atomic E-state index is -0.182. The Morgan fingerprint density at radius 1 is 1.29 bits per heavy atom. The third-order valence-electron chi connectivity index (χ3n) is 5.10. The number of aryl methyl sites for hydroxylation is 2. The van der Waals surface area contributed by atoms with Gasteiger partial charge in [-0.15, -0.1) is 0 Å². The molecule has 1 atom stereocenters. The van der Waals surface area contributed by atoms with E-state index in [9.17, 15) is 4.79 Å². The van der Waals surface area contributed by atoms with Crippen molar-refractivity contribution in [3.63, 3.8) is 0 Å². The number of benzene rings is 1. The highest BCUT2D eigenvalue weighted by Gasteiger charge is 2.34. The summed E-state index contributed by atoms with van der Waals surface area (Å²) in [6, 6.07) is 7.93. The molecule has 0 fully saturated rings. The van der Waals surface area contributed by atoms with Gasteiger partial charge >= 0.3 is 0 Å². The zero-order valence-corrected chi connectivity index (χ0v) is 15.0. The van der Waals surface area contributed by atoms with Gasteiger partial charge in [-0.3, -0.25) is 4.79 Å². The Morgan fingerprint density at radius 3 is 2.62 bits per heavy atom. The van der Waals surface area contributed by atoms with E-state index in [0.717, 1.165) is 42.7 Å². The number of rotatable bonds is 3. The average molecular weight is 326 g/mol. The zero-order valence-electron chi connectivity index (χ0n) is 15.0. The highest BCUT2D eigenvalue weighted by Crippen LogP contribution is 2.38. The summed E-state index contributed by atoms with van der Waals surface area (Å²) in [5, 5.41) is 6.99. The number of nitrogens with zero attached hydrogens (tertiary/aromatic N) is 1. The predicted octanol–water partition coefficient (Wildman–Crippen LogP) is 4.64. The lowest BCUT2D eigenvalue weighted by molar-refractivity contribution is 0.101. The van der Waals surface area contributed by atoms with E-state index in [1.54, 1.807) is 0 Å². The highest BCUT2D eigenvalue weighted by molar-refractivity contribution is 6.03. The Hall–Kier alpha value is -2.10. The molecular weight excluding hydrogens is 300 g/mol. The number of hydrogen-bond acceptors (Lipinski definition) is 3. The minimum absolute atomic E-state index is 0.182. The third-order valence-corrected chi connectivity index (χ3v) is 5.10. The number of anilines is 1. The molecule has 1 aliphatic rings. The number of aromatic nitrogens is 1. The van der Waals surface area contributed by atoms with Crippen LogP contribution >= 0.6 is 0 Å². The van der Waals surface area contributed by atoms with Crippen molar-refractivity contribution in [3.8, 4) is 0 Å². The van der Waals surface area contributed by atoms with Gasteiger partial charge in [-0.2, -0.15) is 0 Å². The van der Waals surface area contributed by atoms with Gasteiger partial charge in [-0.05, 0) is 48.3 Å². The first-order valence-corrected chi connectivity index (χ1v) is 8.76. The first-order chi connectivity index (χ1) is 11.4. The van der Waals surface area contributed by atoms with Crippen molar-refractivity contribution in [1.82, 2.24) is 5.16 Å². The molecular formula is C20H26N2O2. The maximum absolute atomic E-state index is 12.6. The van der Waals surface area contributed by atoms with Crippen molar-refractivity contribution >= 4 is 11.6 Å². The molecule has 1 aromatic heterocycles. The van der Waals surface area contributed by atoms with Gasteiger partial charge in [0.2, 0.25) is 0 Å². The molecule has 4 heteroatoms. The first-order valence-electron chi connectivity index (χ1n) is 8.76. The van der Waals surface area contributed by atoms with Crippen LogP contribution in [0.1, 0.15) is 61.5 Å². The first kappa shape index (κ1) is 16.7. The zero-order chi connectivity index (χ0) is 17.3. The predicted molar refractivity (Wildman–Crippen MR) is 95.2 cm³/mol. The summed E-state index contributed by atoms with van der Waals surface area (Å²) in [7, 11) is 0. The molecule has 1 aliphatic carbocycles. The van der Waals surface area contributed by atoms with Crippen LogP contribution in [-0.2, 0) is 19.3 Å². The maximum atomic E-state index is 12.6. The Labute approximate surface area is 143 Å². The molecule has 0 radical (unpaired) electrons. The van der Waals surface area contributed by atoms with E-state index >= 15 is 0 Å². The van der Waals surface area contributed by atoms with Gasteiger partial charge in [-0.1, -0.05) is 45.0 Å². The third kappa shape index (κ3) is 3.37. The van der Waals surface area contributed by atoms with Gasteiger partial charge in [0.25, 0.3) is 5.91 Å². The molecule has 2 aromatic rings. The summed E-state index contributed by atoms with van der Waals surface area (Å²) in [4.78, 5) is 12.6. The molecule has 0 unspecified atom stereocenters. The monoisotopic (exact) mass is 326 g/mol. The Balaban J connectivity index is 1.78. The molecule has 0 saturated heterocycles. The molecule has 1 amide bonds. The van der Waals surface area contributed by atoms with Crippen LogP contribution in [0.4, 0.5) is 5.69 Å². The van der Waals surface area contributed by atoms with Gasteiger partial charge in [0.1, 0.15) is 5.76 Å². The summed E-state index contributed by atoms with van der Waals surface area (Å²) in [5.41, 5.74) is 3.69. The van der Waals surface area contributed by atoms with Gasteiger partial charge in [0, 0.05) is 17.7 Å². The standard InChI is InChI=1S/C20H26N2O2/c1-5-13-6-9-15(10-7-13)21-19(23)18-16-12-14(20(2,3)4)8-11-17(16)24-22-18/h6-7,9-10,14H,5,8,11-12H2,1-4H3,(H,21,23)/t14-/m1/s1. The van der Waals surface area contributed by atoms with E-state index in [4.69, 9.17) is 4.52 Å². The van der Waals surface area contributed by atoms with Gasteiger partial charge in [-0.25, -0.2) is 0 Å². The molecule has 0 saturated carbocycles. The maximum Gasteiger partial charge on any atom is 0.278 e. The average Bonchev–Trinajstić information content (AvgIpc) is 2.98. The number of nitrogens with one attached hydrogen (secondary N) is 1. The summed E-state index contributed by atoms with van der Waals surface area (Å²) in [6.45, 7) is 8.88. The molecule has 1 heterocycles. The Morgan fingerprint density at radius 2 is 2.00 bits per heavy atom. The Bertz CT molecular complexity index is 723. The van der Waals surface area contributed by atoms with Crippen LogP contribution in [0.25, 0.3) is 0 Å². The normalized spacial score (nSPS) is 17.4. The van der Waals surface area contributed by atoms with Crippen LogP contribution in [0.15, 0.2) is 28.8 Å². The van der Waals surface area contributed by atoms with Crippen molar-refractivity contribution in [3.05, 3.63) is 46.8 Å². The second-order valence-corrected chi connectivity index (χ2v) is 7.74. The molecule has 1 aromatic carbocycles. The van der Waals surface area contributed by atoms with Gasteiger partial charge in [0.15, 0.2) is 5.69 Å². The van der Waals surface area contributed by atoms with Crippen LogP contribution in [0.2, 0.25) is 0 Å². The smallest absolute Gasteiger partial charge is 0.278 e. The van der Waals surface area contributed by atoms with Crippen LogP contribution in [0.3, 0.4) is 0 Å². The molecule has 24 heavy (non-hydrogen) atoms. The fourth-order valence-electron chi connectivity index (χ4n) is 3.34. The Kier molecular flexibility index (Phi) is 4.48. The molecule has 0 aliphatic heterocycles. The van der Waals surface area contributed by atoms with Crippen molar-refractivity contribution < 1.29 is 9.32 Å². The molecule has 0 spiro atoms. The molecule has 0 bridgehead atoms. The second kappa shape index (κ2) is 6.42. The van der Waals surface area contributed by atoms with Gasteiger partial charge < -0.3 is 9.84 Å². The van der Waals surface area contributed by atoms with E-state index in [1.807, 2.05) is 24.3 Å². The molecule has 1 N–H and O–H groups in total. The van der Waals surface area contributed by atoms with Crippen molar-refractivity contribution in [1.29, 1.82) is 0 Å². The van der Waals surface area contributed by atoms with E-state index in [2.05, 4.69) is 38.2 Å². The van der Waals surface area contributed by atoms with Crippen molar-refractivity contribution in [2.45, 2.75) is 53.4 Å². The molecule has 4 nitrogen and oxygen atoms in total. The number of amides is 1. The number of hydrogen-bond donors (Lipinski definition) is 1. The fourth-order valence-corrected chi connectivity index (χ4v) is 3.34. The lowest BCUT2D eigenvalue weighted by atomic mass is 9.71. The van der Waals surface area contributed by atoms with Crippen LogP contribution in [0, 0.1) is 11.3 Å². The van der Waals surface area contributed by atoms with E-state index in [1.165, 1.54) is 5.56 Å². The quantitative estimate of drug-likeness (QED) is 0.894. The lowest BCUT2D eigenvalue weighted by Crippen LogP contribution is -2.27. The van der Waals surface area contributed by atoms with E-state index in [0.29, 0.717) is 11.6 Å². The van der Waals surface area contributed by atoms with Crippen LogP contribution in [0.5, 0.6) is 0 Å². The SMILES string of the molecule is CCc1ccc(NC(=O)c2noc3c2C[C@H](C(C)(C)C)CC3)cc1. The summed E-state index contributed by atoms with van der Waals surface area (Å²) >= 11 is 0. The van der Waals surface area contributed by atoms with E-state index in [-0.39, 0.29) is 11.3 Å². The van der Waals surface area contributed by atoms with Crippen molar-refractivity contribution in [2.24, 2.45) is 11.3 Å². The topological polar surface area (TPSA) is 55.1 Å². The molecule has 128 valence electrons. The van der Waals surface area contributed by atoms with Gasteiger partial charge in [0.05, 0.1) is 0 Å². The van der Waals surface area contributed by atoms with Crippen LogP contribution in [-0.4, -0.2) is 11.1 Å². The lowest BCUT2D eigenvalue weighted by Gasteiger charge is -2.33. The van der Waals surface area contributed by atoms with E-state index < -0.39 is 0 Å². The van der Waals surface area contributed by atoms with Crippen LogP contribution < -0.4 is 5.32 Å². The summed E-state index contributed by atoms with van der Waals surface area (Å²) < 4.78 is 5.43. The highest BCUT2D eigenvalue weighted by atomic mass is 16.5. The minimum Gasteiger partial charge on any atom is -0.360 e.